The number of likely N-dealkylation sites (tertiary alicyclic amines) is 1. The number of rotatable bonds is 5. The minimum absolute atomic E-state index is 0. The molecule has 3 N–H and O–H groups in total. The van der Waals surface area contributed by atoms with Crippen LogP contribution in [0.15, 0.2) is 36.4 Å². The molecule has 1 aliphatic heterocycles. The Hall–Kier alpha value is -2.15. The molecule has 2 heterocycles. The van der Waals surface area contributed by atoms with Crippen molar-refractivity contribution in [3.63, 3.8) is 0 Å². The summed E-state index contributed by atoms with van der Waals surface area (Å²) < 4.78 is 5.84. The molecule has 1 fully saturated rings. The molecule has 146 valence electrons. The number of halogens is 1. The molecule has 7 heteroatoms. The third-order valence-electron chi connectivity index (χ3n) is 4.69. The molecule has 1 aliphatic rings. The maximum absolute atomic E-state index is 12.7. The maximum Gasteiger partial charge on any atom is 0.253 e. The minimum Gasteiger partial charge on any atom is -0.439 e. The molecule has 1 aromatic carbocycles. The van der Waals surface area contributed by atoms with Crippen molar-refractivity contribution in [3.8, 4) is 11.6 Å². The van der Waals surface area contributed by atoms with Crippen LogP contribution in [0.3, 0.4) is 0 Å². The molecule has 27 heavy (non-hydrogen) atoms. The molecule has 6 nitrogen and oxygen atoms in total. The number of amides is 1. The second kappa shape index (κ2) is 9.69. The highest BCUT2D eigenvalue weighted by Gasteiger charge is 2.23. The molecule has 0 aliphatic carbocycles. The third-order valence-corrected chi connectivity index (χ3v) is 4.69. The van der Waals surface area contributed by atoms with E-state index < -0.39 is 0 Å². The van der Waals surface area contributed by atoms with Gasteiger partial charge in [-0.15, -0.1) is 12.4 Å². The van der Waals surface area contributed by atoms with Crippen LogP contribution >= 0.6 is 12.4 Å². The number of aryl methyl sites for hydroxylation is 1. The van der Waals surface area contributed by atoms with Crippen LogP contribution < -0.4 is 10.5 Å². The first kappa shape index (κ1) is 21.2. The van der Waals surface area contributed by atoms with E-state index in [0.717, 1.165) is 24.1 Å². The van der Waals surface area contributed by atoms with E-state index in [1.54, 1.807) is 24.3 Å². The Kier molecular flexibility index (Phi) is 7.59. The first-order chi connectivity index (χ1) is 12.6. The lowest BCUT2D eigenvalue weighted by Gasteiger charge is -2.31. The molecule has 0 unspecified atom stereocenters. The van der Waals surface area contributed by atoms with Gasteiger partial charge in [-0.1, -0.05) is 6.07 Å². The highest BCUT2D eigenvalue weighted by Crippen LogP contribution is 2.24. The molecule has 0 bridgehead atoms. The van der Waals surface area contributed by atoms with Crippen molar-refractivity contribution in [1.82, 2.24) is 9.88 Å². The summed E-state index contributed by atoms with van der Waals surface area (Å²) in [7, 11) is 0. The number of ether oxygens (including phenoxy) is 1. The molecular weight excluding hydrogens is 366 g/mol. The molecule has 2 aromatic rings. The molecule has 0 atom stereocenters. The van der Waals surface area contributed by atoms with Gasteiger partial charge in [-0.3, -0.25) is 4.79 Å². The number of carbonyl (C=O) groups is 1. The smallest absolute Gasteiger partial charge is 0.253 e. The van der Waals surface area contributed by atoms with Gasteiger partial charge in [0.05, 0.1) is 0 Å². The van der Waals surface area contributed by atoms with Gasteiger partial charge in [0.1, 0.15) is 5.75 Å². The lowest BCUT2D eigenvalue weighted by atomic mass is 9.97. The second-order valence-electron chi connectivity index (χ2n) is 6.71. The zero-order chi connectivity index (χ0) is 18.5. The van der Waals surface area contributed by atoms with Gasteiger partial charge in [-0.05, 0) is 55.5 Å². The fraction of sp³-hybridized carbons (Fsp3) is 0.400. The Morgan fingerprint density at radius 1 is 1.30 bits per heavy atom. The number of nitrogens with two attached hydrogens (primary N) is 1. The topological polar surface area (TPSA) is 88.7 Å². The van der Waals surface area contributed by atoms with Crippen molar-refractivity contribution in [1.29, 1.82) is 0 Å². The normalized spacial score (nSPS) is 14.6. The quantitative estimate of drug-likeness (QED) is 0.818. The zero-order valence-electron chi connectivity index (χ0n) is 15.4. The number of hydrogen-bond acceptors (Lipinski definition) is 5. The third kappa shape index (κ3) is 5.42. The van der Waals surface area contributed by atoms with Crippen molar-refractivity contribution in [3.05, 3.63) is 53.2 Å². The molecule has 3 rings (SSSR count). The molecule has 0 spiro atoms. The largest absolute Gasteiger partial charge is 0.439 e. The number of aliphatic hydroxyl groups is 1. The second-order valence-corrected chi connectivity index (χ2v) is 6.71. The monoisotopic (exact) mass is 391 g/mol. The summed E-state index contributed by atoms with van der Waals surface area (Å²) >= 11 is 0. The van der Waals surface area contributed by atoms with E-state index in [1.807, 2.05) is 24.0 Å². The summed E-state index contributed by atoms with van der Waals surface area (Å²) in [5.74, 6) is 1.34. The lowest BCUT2D eigenvalue weighted by molar-refractivity contribution is 0.0650. The molecule has 1 amide bonds. The van der Waals surface area contributed by atoms with E-state index in [0.29, 0.717) is 42.7 Å². The van der Waals surface area contributed by atoms with E-state index in [2.05, 4.69) is 4.98 Å². The van der Waals surface area contributed by atoms with Crippen molar-refractivity contribution >= 4 is 18.3 Å². The lowest BCUT2D eigenvalue weighted by Crippen LogP contribution is -2.39. The summed E-state index contributed by atoms with van der Waals surface area (Å²) in [4.78, 5) is 18.9. The number of aromatic nitrogens is 1. The van der Waals surface area contributed by atoms with Crippen LogP contribution in [0, 0.1) is 12.8 Å². The van der Waals surface area contributed by atoms with E-state index in [4.69, 9.17) is 10.5 Å². The fourth-order valence-corrected chi connectivity index (χ4v) is 3.19. The molecule has 0 saturated carbocycles. The summed E-state index contributed by atoms with van der Waals surface area (Å²) in [5.41, 5.74) is 8.08. The number of piperidine rings is 1. The summed E-state index contributed by atoms with van der Waals surface area (Å²) in [6.45, 7) is 3.85. The number of nitrogens with zero attached hydrogens (tertiary/aromatic N) is 2. The Morgan fingerprint density at radius 2 is 2.04 bits per heavy atom. The predicted octanol–water partition coefficient (Wildman–Crippen LogP) is 2.91. The number of carbonyl (C=O) groups excluding carboxylic acids is 1. The number of hydrogen-bond donors (Lipinski definition) is 2. The SMILES string of the molecule is Cc1cc(CN)cc(Oc2cccc(C(=O)N3CCC(CO)CC3)c2)n1.Cl. The van der Waals surface area contributed by atoms with E-state index in [9.17, 15) is 9.90 Å². The van der Waals surface area contributed by atoms with Crippen LogP contribution in [-0.2, 0) is 6.54 Å². The molecule has 1 saturated heterocycles. The van der Waals surface area contributed by atoms with Gasteiger partial charge in [-0.25, -0.2) is 4.98 Å². The molecule has 0 radical (unpaired) electrons. The van der Waals surface area contributed by atoms with E-state index >= 15 is 0 Å². The van der Waals surface area contributed by atoms with Crippen LogP contribution in [-0.4, -0.2) is 40.6 Å². The highest BCUT2D eigenvalue weighted by molar-refractivity contribution is 5.94. The van der Waals surface area contributed by atoms with Gasteiger partial charge in [0.25, 0.3) is 5.91 Å². The Bertz CT molecular complexity index is 777. The summed E-state index contributed by atoms with van der Waals surface area (Å²) in [5, 5.41) is 9.23. The van der Waals surface area contributed by atoms with Gasteiger partial charge in [0, 0.05) is 43.6 Å². The van der Waals surface area contributed by atoms with Crippen LogP contribution in [0.1, 0.15) is 34.5 Å². The van der Waals surface area contributed by atoms with Gasteiger partial charge >= 0.3 is 0 Å². The predicted molar refractivity (Wildman–Crippen MR) is 106 cm³/mol. The van der Waals surface area contributed by atoms with Gasteiger partial charge in [0.2, 0.25) is 5.88 Å². The Labute approximate surface area is 165 Å². The van der Waals surface area contributed by atoms with Gasteiger partial charge in [-0.2, -0.15) is 0 Å². The van der Waals surface area contributed by atoms with E-state index in [-0.39, 0.29) is 24.9 Å². The number of pyridine rings is 1. The molecule has 1 aromatic heterocycles. The van der Waals surface area contributed by atoms with Crippen molar-refractivity contribution < 1.29 is 14.6 Å². The van der Waals surface area contributed by atoms with Gasteiger partial charge < -0.3 is 20.5 Å². The first-order valence-electron chi connectivity index (χ1n) is 8.94. The Morgan fingerprint density at radius 3 is 2.70 bits per heavy atom. The average Bonchev–Trinajstić information content (AvgIpc) is 2.67. The zero-order valence-corrected chi connectivity index (χ0v) is 16.2. The highest BCUT2D eigenvalue weighted by atomic mass is 35.5. The standard InChI is InChI=1S/C20H25N3O3.ClH/c1-14-9-16(12-21)10-19(22-14)26-18-4-2-3-17(11-18)20(25)23-7-5-15(13-24)6-8-23;/h2-4,9-11,15,24H,5-8,12-13,21H2,1H3;1H. The van der Waals surface area contributed by atoms with Gasteiger partial charge in [0.15, 0.2) is 0 Å². The van der Waals surface area contributed by atoms with E-state index in [1.165, 1.54) is 0 Å². The van der Waals surface area contributed by atoms with Crippen molar-refractivity contribution in [2.24, 2.45) is 11.7 Å². The van der Waals surface area contributed by atoms with Crippen LogP contribution in [0.2, 0.25) is 0 Å². The minimum atomic E-state index is -0.00770. The maximum atomic E-state index is 12.7. The average molecular weight is 392 g/mol. The first-order valence-corrected chi connectivity index (χ1v) is 8.94. The summed E-state index contributed by atoms with van der Waals surface area (Å²) in [6, 6.07) is 10.9. The van der Waals surface area contributed by atoms with Crippen molar-refractivity contribution in [2.75, 3.05) is 19.7 Å². The van der Waals surface area contributed by atoms with Crippen LogP contribution in [0.25, 0.3) is 0 Å². The fourth-order valence-electron chi connectivity index (χ4n) is 3.19. The molecular formula is C20H26ClN3O3. The van der Waals surface area contributed by atoms with Crippen LogP contribution in [0.5, 0.6) is 11.6 Å². The van der Waals surface area contributed by atoms with Crippen LogP contribution in [0.4, 0.5) is 0 Å². The number of benzene rings is 1. The van der Waals surface area contributed by atoms with Crippen molar-refractivity contribution in [2.45, 2.75) is 26.3 Å². The summed E-state index contributed by atoms with van der Waals surface area (Å²) in [6.07, 6.45) is 1.68. The number of aliphatic hydroxyl groups excluding tert-OH is 1. The Balaban J connectivity index is 0.00000261.